The minimum Gasteiger partial charge on any atom is -0.374 e. The first-order valence-electron chi connectivity index (χ1n) is 9.58. The van der Waals surface area contributed by atoms with E-state index >= 15 is 0 Å². The van der Waals surface area contributed by atoms with Crippen molar-refractivity contribution < 1.29 is 22.6 Å². The summed E-state index contributed by atoms with van der Waals surface area (Å²) in [5.41, 5.74) is 0. The van der Waals surface area contributed by atoms with Crippen LogP contribution < -0.4 is 0 Å². The van der Waals surface area contributed by atoms with Gasteiger partial charge < -0.3 is 14.2 Å². The second kappa shape index (κ2) is 8.03. The lowest BCUT2D eigenvalue weighted by Crippen LogP contribution is -2.29. The van der Waals surface area contributed by atoms with Gasteiger partial charge >= 0.3 is 0 Å². The zero-order valence-electron chi connectivity index (χ0n) is 16.3. The molecule has 0 amide bonds. The number of sulfone groups is 1. The van der Waals surface area contributed by atoms with Crippen molar-refractivity contribution in [2.75, 3.05) is 12.4 Å². The molecule has 0 radical (unpaired) electrons. The lowest BCUT2D eigenvalue weighted by atomic mass is 9.87. The smallest absolute Gasteiger partial charge is 0.178 e. The van der Waals surface area contributed by atoms with Gasteiger partial charge in [-0.2, -0.15) is 0 Å². The van der Waals surface area contributed by atoms with Crippen LogP contribution in [0.2, 0.25) is 0 Å². The maximum absolute atomic E-state index is 12.9. The van der Waals surface area contributed by atoms with Crippen LogP contribution in [0.15, 0.2) is 47.9 Å². The lowest BCUT2D eigenvalue weighted by molar-refractivity contribution is -0.142. The van der Waals surface area contributed by atoms with Crippen LogP contribution in [0.1, 0.15) is 33.6 Å². The topological polar surface area (TPSA) is 61.8 Å². The molecule has 150 valence electrons. The molecule has 1 aromatic carbocycles. The maximum atomic E-state index is 12.9. The SMILES string of the molecule is C=CC[C@@H]1O[C@H](CC2COC(C)(C)O2)[C@H](C)C1CS(=O)(=O)c1ccccc1. The Bertz CT molecular complexity index is 743. The third kappa shape index (κ3) is 4.80. The highest BCUT2D eigenvalue weighted by atomic mass is 32.2. The fourth-order valence-electron chi connectivity index (χ4n) is 4.10. The molecule has 2 saturated heterocycles. The summed E-state index contributed by atoms with van der Waals surface area (Å²) in [6, 6.07) is 8.64. The average Bonchev–Trinajstić information content (AvgIpc) is 3.10. The van der Waals surface area contributed by atoms with E-state index in [1.54, 1.807) is 30.3 Å². The molecule has 0 aliphatic carbocycles. The van der Waals surface area contributed by atoms with Gasteiger partial charge in [-0.25, -0.2) is 8.42 Å². The van der Waals surface area contributed by atoms with Crippen LogP contribution in [-0.2, 0) is 24.0 Å². The summed E-state index contributed by atoms with van der Waals surface area (Å²) in [4.78, 5) is 0.368. The van der Waals surface area contributed by atoms with Crippen molar-refractivity contribution in [2.24, 2.45) is 11.8 Å². The van der Waals surface area contributed by atoms with E-state index < -0.39 is 15.6 Å². The number of hydrogen-bond donors (Lipinski definition) is 0. The quantitative estimate of drug-likeness (QED) is 0.661. The molecule has 27 heavy (non-hydrogen) atoms. The van der Waals surface area contributed by atoms with Gasteiger partial charge in [0.15, 0.2) is 15.6 Å². The molecule has 0 saturated carbocycles. The Morgan fingerprint density at radius 3 is 2.52 bits per heavy atom. The minimum atomic E-state index is -3.37. The minimum absolute atomic E-state index is 0.0266. The van der Waals surface area contributed by atoms with Gasteiger partial charge in [0.1, 0.15) is 0 Å². The van der Waals surface area contributed by atoms with Gasteiger partial charge in [-0.1, -0.05) is 31.2 Å². The number of hydrogen-bond acceptors (Lipinski definition) is 5. The fourth-order valence-corrected chi connectivity index (χ4v) is 5.89. The molecule has 0 spiro atoms. The van der Waals surface area contributed by atoms with Crippen LogP contribution >= 0.6 is 0 Å². The van der Waals surface area contributed by atoms with Gasteiger partial charge in [0.2, 0.25) is 0 Å². The molecular weight excluding hydrogens is 364 g/mol. The van der Waals surface area contributed by atoms with Crippen LogP contribution in [0, 0.1) is 11.8 Å². The molecule has 0 N–H and O–H groups in total. The zero-order chi connectivity index (χ0) is 19.7. The molecule has 3 rings (SSSR count). The highest BCUT2D eigenvalue weighted by molar-refractivity contribution is 7.91. The standard InChI is InChI=1S/C21H30O5S/c1-5-9-19-18(14-27(22,23)17-10-7-6-8-11-17)15(2)20(25-19)12-16-13-24-21(3,4)26-16/h5-8,10-11,15-16,18-20H,1,9,12-14H2,2-4H3/t15-,16?,18?,19+,20-/m1/s1. The Labute approximate surface area is 162 Å². The summed E-state index contributed by atoms with van der Waals surface area (Å²) in [6.07, 6.45) is 2.94. The number of ether oxygens (including phenoxy) is 3. The summed E-state index contributed by atoms with van der Waals surface area (Å²) in [7, 11) is -3.37. The third-order valence-corrected chi connectivity index (χ3v) is 7.38. The van der Waals surface area contributed by atoms with Gasteiger partial charge in [-0.15, -0.1) is 6.58 Å². The van der Waals surface area contributed by atoms with Crippen molar-refractivity contribution in [2.45, 2.75) is 62.6 Å². The second-order valence-corrected chi connectivity index (χ2v) is 10.1. The van der Waals surface area contributed by atoms with Gasteiger partial charge in [-0.3, -0.25) is 0 Å². The summed E-state index contributed by atoms with van der Waals surface area (Å²) in [6.45, 7) is 10.2. The zero-order valence-corrected chi connectivity index (χ0v) is 17.2. The van der Waals surface area contributed by atoms with Gasteiger partial charge in [0.25, 0.3) is 0 Å². The number of benzene rings is 1. The first-order chi connectivity index (χ1) is 12.7. The van der Waals surface area contributed by atoms with Crippen molar-refractivity contribution in [3.05, 3.63) is 43.0 Å². The normalized spacial score (nSPS) is 33.2. The Morgan fingerprint density at radius 1 is 1.22 bits per heavy atom. The van der Waals surface area contributed by atoms with E-state index in [0.717, 1.165) is 0 Å². The van der Waals surface area contributed by atoms with Crippen LogP contribution in [0.3, 0.4) is 0 Å². The largest absolute Gasteiger partial charge is 0.374 e. The van der Waals surface area contributed by atoms with Gasteiger partial charge in [-0.05, 0) is 38.3 Å². The molecule has 2 heterocycles. The first kappa shape index (κ1) is 20.5. The molecule has 0 aromatic heterocycles. The van der Waals surface area contributed by atoms with E-state index in [1.807, 2.05) is 19.9 Å². The predicted molar refractivity (Wildman–Crippen MR) is 104 cm³/mol. The predicted octanol–water partition coefficient (Wildman–Crippen LogP) is 3.60. The lowest BCUT2D eigenvalue weighted by Gasteiger charge is -2.22. The van der Waals surface area contributed by atoms with E-state index in [2.05, 4.69) is 13.5 Å². The number of rotatable bonds is 7. The van der Waals surface area contributed by atoms with Crippen molar-refractivity contribution >= 4 is 9.84 Å². The third-order valence-electron chi connectivity index (χ3n) is 5.56. The molecule has 1 aromatic rings. The molecule has 0 bridgehead atoms. The second-order valence-electron chi connectivity index (χ2n) is 8.04. The van der Waals surface area contributed by atoms with Gasteiger partial charge in [0, 0.05) is 12.3 Å². The van der Waals surface area contributed by atoms with E-state index in [-0.39, 0.29) is 35.9 Å². The van der Waals surface area contributed by atoms with Crippen molar-refractivity contribution in [3.63, 3.8) is 0 Å². The van der Waals surface area contributed by atoms with E-state index in [1.165, 1.54) is 0 Å². The van der Waals surface area contributed by atoms with Crippen molar-refractivity contribution in [3.8, 4) is 0 Å². The van der Waals surface area contributed by atoms with E-state index in [4.69, 9.17) is 14.2 Å². The Hall–Kier alpha value is -1.21. The molecule has 2 unspecified atom stereocenters. The molecule has 2 aliphatic heterocycles. The van der Waals surface area contributed by atoms with Crippen LogP contribution in [0.5, 0.6) is 0 Å². The first-order valence-corrected chi connectivity index (χ1v) is 11.2. The molecule has 2 fully saturated rings. The monoisotopic (exact) mass is 394 g/mol. The van der Waals surface area contributed by atoms with E-state index in [9.17, 15) is 8.42 Å². The fraction of sp³-hybridized carbons (Fsp3) is 0.619. The molecular formula is C21H30O5S. The van der Waals surface area contributed by atoms with Crippen molar-refractivity contribution in [1.29, 1.82) is 0 Å². The Morgan fingerprint density at radius 2 is 1.93 bits per heavy atom. The maximum Gasteiger partial charge on any atom is 0.178 e. The van der Waals surface area contributed by atoms with Crippen LogP contribution in [0.4, 0.5) is 0 Å². The summed E-state index contributed by atoms with van der Waals surface area (Å²) in [5, 5.41) is 0. The van der Waals surface area contributed by atoms with E-state index in [0.29, 0.717) is 24.3 Å². The summed E-state index contributed by atoms with van der Waals surface area (Å²) in [5.74, 6) is -0.446. The summed E-state index contributed by atoms with van der Waals surface area (Å²) < 4.78 is 43.6. The molecule has 6 heteroatoms. The average molecular weight is 395 g/mol. The highest BCUT2D eigenvalue weighted by Crippen LogP contribution is 2.39. The van der Waals surface area contributed by atoms with Crippen LogP contribution in [-0.4, -0.2) is 44.9 Å². The Kier molecular flexibility index (Phi) is 6.11. The molecule has 5 nitrogen and oxygen atoms in total. The molecule has 2 aliphatic rings. The summed E-state index contributed by atoms with van der Waals surface area (Å²) >= 11 is 0. The molecule has 5 atom stereocenters. The highest BCUT2D eigenvalue weighted by Gasteiger charge is 2.45. The Balaban J connectivity index is 1.72. The van der Waals surface area contributed by atoms with Crippen LogP contribution in [0.25, 0.3) is 0 Å². The van der Waals surface area contributed by atoms with Gasteiger partial charge in [0.05, 0.1) is 35.6 Å². The van der Waals surface area contributed by atoms with Crippen molar-refractivity contribution in [1.82, 2.24) is 0 Å².